The van der Waals surface area contributed by atoms with Gasteiger partial charge in [-0.25, -0.2) is 15.0 Å². The minimum absolute atomic E-state index is 0.0878. The second-order valence-electron chi connectivity index (χ2n) is 8.10. The van der Waals surface area contributed by atoms with Crippen LogP contribution in [0.25, 0.3) is 27.5 Å². The molecule has 0 aliphatic rings. The minimum Gasteiger partial charge on any atom is -0.383 e. The number of hydrogen-bond donors (Lipinski definition) is 1. The second kappa shape index (κ2) is 8.67. The van der Waals surface area contributed by atoms with Gasteiger partial charge in [0.2, 0.25) is 0 Å². The Labute approximate surface area is 195 Å². The van der Waals surface area contributed by atoms with E-state index in [1.807, 2.05) is 66.7 Å². The van der Waals surface area contributed by atoms with Gasteiger partial charge >= 0.3 is 0 Å². The quantitative estimate of drug-likeness (QED) is 0.286. The summed E-state index contributed by atoms with van der Waals surface area (Å²) in [6.45, 7) is 4.24. The summed E-state index contributed by atoms with van der Waals surface area (Å²) in [6.07, 6.45) is 0. The van der Waals surface area contributed by atoms with Crippen LogP contribution >= 0.6 is 11.8 Å². The molecule has 0 saturated carbocycles. The van der Waals surface area contributed by atoms with Crippen molar-refractivity contribution in [3.8, 4) is 5.69 Å². The molecule has 0 bridgehead atoms. The van der Waals surface area contributed by atoms with E-state index in [9.17, 15) is 4.79 Å². The van der Waals surface area contributed by atoms with Gasteiger partial charge in [0.1, 0.15) is 11.6 Å². The third-order valence-corrected chi connectivity index (χ3v) is 6.49. The second-order valence-corrected chi connectivity index (χ2v) is 9.04. The molecule has 0 spiro atoms. The molecule has 2 N–H and O–H groups in total. The first kappa shape index (κ1) is 21.2. The Hall–Kier alpha value is -3.71. The van der Waals surface area contributed by atoms with E-state index >= 15 is 0 Å². The van der Waals surface area contributed by atoms with E-state index in [2.05, 4.69) is 29.9 Å². The highest BCUT2D eigenvalue weighted by Crippen LogP contribution is 2.29. The summed E-state index contributed by atoms with van der Waals surface area (Å²) < 4.78 is 1.72. The zero-order valence-corrected chi connectivity index (χ0v) is 19.2. The van der Waals surface area contributed by atoms with Crippen LogP contribution in [0.4, 0.5) is 5.82 Å². The molecular formula is C26H23N5OS. The van der Waals surface area contributed by atoms with Gasteiger partial charge in [0.25, 0.3) is 5.56 Å². The zero-order valence-electron chi connectivity index (χ0n) is 18.4. The van der Waals surface area contributed by atoms with Gasteiger partial charge in [-0.1, -0.05) is 68.1 Å². The molecule has 0 atom stereocenters. The molecule has 33 heavy (non-hydrogen) atoms. The van der Waals surface area contributed by atoms with Crippen molar-refractivity contribution in [2.75, 3.05) is 5.73 Å². The van der Waals surface area contributed by atoms with Gasteiger partial charge in [-0.2, -0.15) is 0 Å². The molecule has 0 amide bonds. The van der Waals surface area contributed by atoms with Gasteiger partial charge in [-0.3, -0.25) is 9.36 Å². The van der Waals surface area contributed by atoms with Crippen LogP contribution in [0, 0.1) is 0 Å². The Morgan fingerprint density at radius 1 is 0.848 bits per heavy atom. The number of aromatic nitrogens is 4. The average molecular weight is 454 g/mol. The molecule has 0 saturated heterocycles. The lowest BCUT2D eigenvalue weighted by atomic mass is 10.0. The maximum atomic E-state index is 13.6. The molecule has 3 aromatic carbocycles. The lowest BCUT2D eigenvalue weighted by Crippen LogP contribution is -2.23. The van der Waals surface area contributed by atoms with Crippen molar-refractivity contribution in [3.63, 3.8) is 0 Å². The van der Waals surface area contributed by atoms with Crippen molar-refractivity contribution >= 4 is 39.4 Å². The monoisotopic (exact) mass is 453 g/mol. The summed E-state index contributed by atoms with van der Waals surface area (Å²) >= 11 is 1.43. The van der Waals surface area contributed by atoms with Gasteiger partial charge in [0.15, 0.2) is 5.16 Å². The van der Waals surface area contributed by atoms with Crippen LogP contribution < -0.4 is 11.3 Å². The number of nitrogens with two attached hydrogens (primary N) is 1. The van der Waals surface area contributed by atoms with Crippen LogP contribution in [0.15, 0.2) is 82.7 Å². The number of anilines is 1. The molecule has 0 aliphatic heterocycles. The van der Waals surface area contributed by atoms with Crippen LogP contribution in [-0.4, -0.2) is 19.5 Å². The smallest absolute Gasteiger partial charge is 0.266 e. The highest BCUT2D eigenvalue weighted by molar-refractivity contribution is 7.98. The number of nitrogens with zero attached hydrogens (tertiary/aromatic N) is 4. The topological polar surface area (TPSA) is 86.7 Å². The molecule has 7 heteroatoms. The molecule has 5 rings (SSSR count). The van der Waals surface area contributed by atoms with Crippen molar-refractivity contribution in [1.29, 1.82) is 0 Å². The predicted octanol–water partition coefficient (Wildman–Crippen LogP) is 5.33. The van der Waals surface area contributed by atoms with Crippen LogP contribution in [0.1, 0.15) is 31.2 Å². The lowest BCUT2D eigenvalue weighted by Gasteiger charge is -2.18. The molecule has 6 nitrogen and oxygen atoms in total. The highest BCUT2D eigenvalue weighted by atomic mass is 32.2. The van der Waals surface area contributed by atoms with Crippen LogP contribution in [0.5, 0.6) is 0 Å². The summed E-state index contributed by atoms with van der Waals surface area (Å²) in [5.74, 6) is 1.73. The molecule has 2 heterocycles. The number of benzene rings is 3. The molecular weight excluding hydrogens is 430 g/mol. The Kier molecular flexibility index (Phi) is 5.56. The van der Waals surface area contributed by atoms with Gasteiger partial charge < -0.3 is 5.73 Å². The molecule has 0 aliphatic carbocycles. The largest absolute Gasteiger partial charge is 0.383 e. The van der Waals surface area contributed by atoms with E-state index < -0.39 is 0 Å². The number of nitrogen functional groups attached to an aromatic ring is 1. The number of thioether (sulfide) groups is 1. The molecule has 164 valence electrons. The fourth-order valence-corrected chi connectivity index (χ4v) is 4.81. The van der Waals surface area contributed by atoms with E-state index in [-0.39, 0.29) is 11.5 Å². The Bertz CT molecular complexity index is 1540. The van der Waals surface area contributed by atoms with Gasteiger partial charge in [-0.05, 0) is 41.8 Å². The van der Waals surface area contributed by atoms with E-state index in [0.29, 0.717) is 33.5 Å². The Morgan fingerprint density at radius 2 is 1.48 bits per heavy atom. The number of hydrogen-bond acceptors (Lipinski definition) is 6. The summed E-state index contributed by atoms with van der Waals surface area (Å²) in [5.41, 5.74) is 9.48. The third-order valence-electron chi connectivity index (χ3n) is 5.55. The summed E-state index contributed by atoms with van der Waals surface area (Å²) in [4.78, 5) is 27.6. The lowest BCUT2D eigenvalue weighted by molar-refractivity contribution is 0.780. The van der Waals surface area contributed by atoms with Crippen molar-refractivity contribution in [1.82, 2.24) is 19.5 Å². The molecule has 2 aromatic heterocycles. The molecule has 5 aromatic rings. The van der Waals surface area contributed by atoms with Gasteiger partial charge in [0.05, 0.1) is 27.9 Å². The third kappa shape index (κ3) is 3.96. The molecule has 0 radical (unpaired) electrons. The highest BCUT2D eigenvalue weighted by Gasteiger charge is 2.17. The molecule has 0 unspecified atom stereocenters. The SMILES string of the molecule is CC(C)c1ccccc1-n1c(SCc2nc(N)c3ccccc3n2)nc2ccccc2c1=O. The fourth-order valence-electron chi connectivity index (χ4n) is 3.95. The van der Waals surface area contributed by atoms with Crippen molar-refractivity contribution < 1.29 is 0 Å². The predicted molar refractivity (Wildman–Crippen MR) is 135 cm³/mol. The van der Waals surface area contributed by atoms with E-state index in [4.69, 9.17) is 10.7 Å². The van der Waals surface area contributed by atoms with Crippen LogP contribution in [0.3, 0.4) is 0 Å². The standard InChI is InChI=1S/C26H23N5OS/c1-16(2)17-9-5-8-14-22(17)31-25(32)19-11-4-7-13-21(19)29-26(31)33-15-23-28-20-12-6-3-10-18(20)24(27)30-23/h3-14,16H,15H2,1-2H3,(H2,27,28,30). The first-order chi connectivity index (χ1) is 16.0. The fraction of sp³-hybridized carbons (Fsp3) is 0.154. The molecule has 0 fully saturated rings. The summed E-state index contributed by atoms with van der Waals surface area (Å²) in [6, 6.07) is 23.1. The van der Waals surface area contributed by atoms with E-state index in [1.165, 1.54) is 11.8 Å². The average Bonchev–Trinajstić information content (AvgIpc) is 2.83. The van der Waals surface area contributed by atoms with Gasteiger partial charge in [0, 0.05) is 5.39 Å². The van der Waals surface area contributed by atoms with Crippen molar-refractivity contribution in [2.24, 2.45) is 0 Å². The minimum atomic E-state index is -0.0878. The summed E-state index contributed by atoms with van der Waals surface area (Å²) in [7, 11) is 0. The van der Waals surface area contributed by atoms with Crippen LogP contribution in [0.2, 0.25) is 0 Å². The summed E-state index contributed by atoms with van der Waals surface area (Å²) in [5, 5.41) is 2.02. The number of para-hydroxylation sites is 3. The Morgan fingerprint density at radius 3 is 2.24 bits per heavy atom. The first-order valence-electron chi connectivity index (χ1n) is 10.8. The maximum absolute atomic E-state index is 13.6. The van der Waals surface area contributed by atoms with E-state index in [0.717, 1.165) is 22.2 Å². The maximum Gasteiger partial charge on any atom is 0.266 e. The zero-order chi connectivity index (χ0) is 22.9. The van der Waals surface area contributed by atoms with Crippen molar-refractivity contribution in [3.05, 3.63) is 94.5 Å². The van der Waals surface area contributed by atoms with E-state index in [1.54, 1.807) is 4.57 Å². The number of fused-ring (bicyclic) bond motifs is 2. The number of rotatable bonds is 5. The normalized spacial score (nSPS) is 11.5. The Balaban J connectivity index is 1.64. The first-order valence-corrected chi connectivity index (χ1v) is 11.8. The van der Waals surface area contributed by atoms with Gasteiger partial charge in [-0.15, -0.1) is 0 Å². The van der Waals surface area contributed by atoms with Crippen LogP contribution in [-0.2, 0) is 5.75 Å². The van der Waals surface area contributed by atoms with Crippen molar-refractivity contribution in [2.45, 2.75) is 30.7 Å².